The summed E-state index contributed by atoms with van der Waals surface area (Å²) in [5.41, 5.74) is 1.89. The summed E-state index contributed by atoms with van der Waals surface area (Å²) in [4.78, 5) is 19.3. The second-order valence-electron chi connectivity index (χ2n) is 4.78. The largest absolute Gasteiger partial charge is 0.508 e. The predicted octanol–water partition coefficient (Wildman–Crippen LogP) is 2.62. The second kappa shape index (κ2) is 6.71. The molecule has 0 fully saturated rings. The molecule has 0 aliphatic carbocycles. The van der Waals surface area contributed by atoms with Crippen molar-refractivity contribution in [3.05, 3.63) is 52.9 Å². The molecule has 1 aromatic heterocycles. The number of anilines is 1. The number of carbonyl (C=O) groups is 1. The van der Waals surface area contributed by atoms with Gasteiger partial charge in [-0.2, -0.15) is 0 Å². The third-order valence-corrected chi connectivity index (χ3v) is 3.04. The lowest BCUT2D eigenvalue weighted by Crippen LogP contribution is -2.11. The minimum Gasteiger partial charge on any atom is -0.508 e. The van der Waals surface area contributed by atoms with E-state index in [1.165, 1.54) is 0 Å². The lowest BCUT2D eigenvalue weighted by Gasteiger charge is -2.07. The summed E-state index contributed by atoms with van der Waals surface area (Å²) in [6.07, 6.45) is 3.73. The summed E-state index contributed by atoms with van der Waals surface area (Å²) in [5.74, 6) is -0.417. The number of phenolic OH excluding ortho intramolecular Hbond substituents is 1. The van der Waals surface area contributed by atoms with Gasteiger partial charge in [0.15, 0.2) is 0 Å². The molecule has 1 heterocycles. The summed E-state index contributed by atoms with van der Waals surface area (Å²) in [7, 11) is 0. The van der Waals surface area contributed by atoms with E-state index in [1.807, 2.05) is 18.2 Å². The van der Waals surface area contributed by atoms with Crippen LogP contribution in [0.4, 0.5) is 5.95 Å². The van der Waals surface area contributed by atoms with Crippen molar-refractivity contribution in [3.8, 4) is 5.75 Å². The monoisotopic (exact) mass is 299 g/mol. The Morgan fingerprint density at radius 1 is 1.27 bits per heavy atom. The maximum atomic E-state index is 11.1. The zero-order chi connectivity index (χ0) is 16.1. The van der Waals surface area contributed by atoms with E-state index < -0.39 is 5.97 Å². The SMILES string of the molecule is Cc1nc(NCC=Cc2cccc(O)c2)nc(C)c1C(=O)O. The molecule has 0 amide bonds. The molecule has 3 N–H and O–H groups in total. The highest BCUT2D eigenvalue weighted by molar-refractivity contribution is 5.90. The van der Waals surface area contributed by atoms with E-state index in [9.17, 15) is 9.90 Å². The molecule has 22 heavy (non-hydrogen) atoms. The Labute approximate surface area is 128 Å². The average Bonchev–Trinajstić information content (AvgIpc) is 2.42. The van der Waals surface area contributed by atoms with Crippen LogP contribution >= 0.6 is 0 Å². The van der Waals surface area contributed by atoms with Crippen LogP contribution in [-0.4, -0.2) is 32.7 Å². The van der Waals surface area contributed by atoms with Crippen LogP contribution in [0, 0.1) is 13.8 Å². The second-order valence-corrected chi connectivity index (χ2v) is 4.78. The van der Waals surface area contributed by atoms with Crippen molar-refractivity contribution in [1.29, 1.82) is 0 Å². The van der Waals surface area contributed by atoms with Crippen molar-refractivity contribution >= 4 is 18.0 Å². The number of hydrogen-bond acceptors (Lipinski definition) is 5. The molecule has 0 spiro atoms. The molecule has 6 heteroatoms. The quantitative estimate of drug-likeness (QED) is 0.785. The standard InChI is InChI=1S/C16H17N3O3/c1-10-14(15(21)22)11(2)19-16(18-10)17-8-4-6-12-5-3-7-13(20)9-12/h3-7,9,20H,8H2,1-2H3,(H,21,22)(H,17,18,19). The first-order valence-corrected chi connectivity index (χ1v) is 6.75. The molecular formula is C16H17N3O3. The first-order chi connectivity index (χ1) is 10.5. The fourth-order valence-corrected chi connectivity index (χ4v) is 2.08. The molecule has 6 nitrogen and oxygen atoms in total. The molecule has 0 aliphatic rings. The van der Waals surface area contributed by atoms with E-state index in [0.717, 1.165) is 5.56 Å². The zero-order valence-corrected chi connectivity index (χ0v) is 12.4. The van der Waals surface area contributed by atoms with Gasteiger partial charge in [-0.3, -0.25) is 0 Å². The third kappa shape index (κ3) is 3.82. The highest BCUT2D eigenvalue weighted by Crippen LogP contribution is 2.13. The van der Waals surface area contributed by atoms with Crippen molar-refractivity contribution in [2.75, 3.05) is 11.9 Å². The average molecular weight is 299 g/mol. The molecule has 0 aliphatic heterocycles. The van der Waals surface area contributed by atoms with Crippen LogP contribution in [0.1, 0.15) is 27.3 Å². The van der Waals surface area contributed by atoms with Gasteiger partial charge in [-0.15, -0.1) is 0 Å². The molecule has 0 radical (unpaired) electrons. The highest BCUT2D eigenvalue weighted by Gasteiger charge is 2.14. The van der Waals surface area contributed by atoms with Gasteiger partial charge >= 0.3 is 5.97 Å². The minimum atomic E-state index is -1.02. The maximum absolute atomic E-state index is 11.1. The van der Waals surface area contributed by atoms with Crippen molar-refractivity contribution in [2.45, 2.75) is 13.8 Å². The lowest BCUT2D eigenvalue weighted by molar-refractivity contribution is 0.0694. The van der Waals surface area contributed by atoms with Gasteiger partial charge < -0.3 is 15.5 Å². The number of aromatic nitrogens is 2. The smallest absolute Gasteiger partial charge is 0.339 e. The van der Waals surface area contributed by atoms with Crippen LogP contribution in [0.5, 0.6) is 5.75 Å². The van der Waals surface area contributed by atoms with Gasteiger partial charge in [0.25, 0.3) is 0 Å². The van der Waals surface area contributed by atoms with Crippen molar-refractivity contribution in [2.24, 2.45) is 0 Å². The van der Waals surface area contributed by atoms with E-state index in [0.29, 0.717) is 23.9 Å². The van der Waals surface area contributed by atoms with E-state index >= 15 is 0 Å². The molecule has 0 bridgehead atoms. The minimum absolute atomic E-state index is 0.140. The fourth-order valence-electron chi connectivity index (χ4n) is 2.08. The molecule has 1 aromatic carbocycles. The Bertz CT molecular complexity index is 703. The van der Waals surface area contributed by atoms with E-state index in [-0.39, 0.29) is 11.3 Å². The van der Waals surface area contributed by atoms with Gasteiger partial charge in [0.1, 0.15) is 11.3 Å². The van der Waals surface area contributed by atoms with Crippen molar-refractivity contribution < 1.29 is 15.0 Å². The summed E-state index contributed by atoms with van der Waals surface area (Å²) >= 11 is 0. The molecule has 0 saturated carbocycles. The lowest BCUT2D eigenvalue weighted by atomic mass is 10.2. The Balaban J connectivity index is 2.02. The Morgan fingerprint density at radius 3 is 2.55 bits per heavy atom. The molecule has 114 valence electrons. The number of aromatic carboxylic acids is 1. The molecule has 0 saturated heterocycles. The number of hydrogen-bond donors (Lipinski definition) is 3. The zero-order valence-electron chi connectivity index (χ0n) is 12.4. The summed E-state index contributed by atoms with van der Waals surface area (Å²) in [6.45, 7) is 3.78. The fraction of sp³-hybridized carbons (Fsp3) is 0.188. The molecule has 2 rings (SSSR count). The number of aryl methyl sites for hydroxylation is 2. The normalized spacial score (nSPS) is 10.8. The number of aromatic hydroxyl groups is 1. The third-order valence-electron chi connectivity index (χ3n) is 3.04. The van der Waals surface area contributed by atoms with Gasteiger partial charge in [0, 0.05) is 6.54 Å². The number of carboxylic acid groups (broad SMARTS) is 1. The number of nitrogens with zero attached hydrogens (tertiary/aromatic N) is 2. The number of benzene rings is 1. The van der Waals surface area contributed by atoms with Crippen molar-refractivity contribution in [3.63, 3.8) is 0 Å². The summed E-state index contributed by atoms with van der Waals surface area (Å²) in [5, 5.41) is 21.4. The van der Waals surface area contributed by atoms with Crippen LogP contribution in [-0.2, 0) is 0 Å². The number of rotatable bonds is 5. The Morgan fingerprint density at radius 2 is 1.95 bits per heavy atom. The van der Waals surface area contributed by atoms with Gasteiger partial charge in [0.05, 0.1) is 11.4 Å². The van der Waals surface area contributed by atoms with Crippen LogP contribution in [0.25, 0.3) is 6.08 Å². The van der Waals surface area contributed by atoms with Crippen LogP contribution in [0.15, 0.2) is 30.3 Å². The Kier molecular flexibility index (Phi) is 4.73. The molecule has 2 aromatic rings. The molecule has 0 atom stereocenters. The first kappa shape index (κ1) is 15.5. The van der Waals surface area contributed by atoms with E-state index in [4.69, 9.17) is 5.11 Å². The number of phenols is 1. The predicted molar refractivity (Wildman–Crippen MR) is 84.1 cm³/mol. The Hall–Kier alpha value is -2.89. The topological polar surface area (TPSA) is 95.3 Å². The van der Waals surface area contributed by atoms with Crippen molar-refractivity contribution in [1.82, 2.24) is 9.97 Å². The summed E-state index contributed by atoms with van der Waals surface area (Å²) in [6, 6.07) is 6.91. The molecule has 0 unspecified atom stereocenters. The van der Waals surface area contributed by atoms with Crippen LogP contribution in [0.3, 0.4) is 0 Å². The first-order valence-electron chi connectivity index (χ1n) is 6.75. The highest BCUT2D eigenvalue weighted by atomic mass is 16.4. The number of nitrogens with one attached hydrogen (secondary N) is 1. The van der Waals surface area contributed by atoms with E-state index in [2.05, 4.69) is 15.3 Å². The molecular weight excluding hydrogens is 282 g/mol. The van der Waals surface area contributed by atoms with E-state index in [1.54, 1.807) is 32.0 Å². The number of carboxylic acids is 1. The summed E-state index contributed by atoms with van der Waals surface area (Å²) < 4.78 is 0. The van der Waals surface area contributed by atoms with Gasteiger partial charge in [0.2, 0.25) is 5.95 Å². The maximum Gasteiger partial charge on any atom is 0.339 e. The van der Waals surface area contributed by atoms with Gasteiger partial charge in [-0.05, 0) is 31.5 Å². The van der Waals surface area contributed by atoms with Crippen LogP contribution < -0.4 is 5.32 Å². The van der Waals surface area contributed by atoms with Gasteiger partial charge in [-0.25, -0.2) is 14.8 Å². The van der Waals surface area contributed by atoms with Gasteiger partial charge in [-0.1, -0.05) is 24.3 Å². The van der Waals surface area contributed by atoms with Crippen LogP contribution in [0.2, 0.25) is 0 Å².